The van der Waals surface area contributed by atoms with Crippen LogP contribution >= 0.6 is 0 Å². The monoisotopic (exact) mass is 297 g/mol. The van der Waals surface area contributed by atoms with E-state index in [1.54, 1.807) is 0 Å². The number of amides is 2. The Morgan fingerprint density at radius 1 is 1.14 bits per heavy atom. The first kappa shape index (κ1) is 16.6. The Bertz CT molecular complexity index is 321. The fraction of sp³-hybridized carbons (Fsp3) is 0.938. The highest BCUT2D eigenvalue weighted by atomic mass is 16.3. The molecule has 0 aliphatic carbocycles. The first-order chi connectivity index (χ1) is 10.1. The summed E-state index contributed by atoms with van der Waals surface area (Å²) >= 11 is 0. The molecule has 2 rings (SSSR count). The van der Waals surface area contributed by atoms with Gasteiger partial charge in [0.1, 0.15) is 0 Å². The smallest absolute Gasteiger partial charge is 0.317 e. The average Bonchev–Trinajstić information content (AvgIpc) is 2.49. The number of urea groups is 1. The van der Waals surface area contributed by atoms with Gasteiger partial charge in [0, 0.05) is 26.2 Å². The molecule has 0 aromatic carbocycles. The first-order valence-electron chi connectivity index (χ1n) is 8.60. The Balaban J connectivity index is 1.72. The average molecular weight is 297 g/mol. The Kier molecular flexibility index (Phi) is 6.30. The minimum Gasteiger partial charge on any atom is -0.388 e. The first-order valence-corrected chi connectivity index (χ1v) is 8.60. The van der Waals surface area contributed by atoms with E-state index in [2.05, 4.69) is 17.1 Å². The summed E-state index contributed by atoms with van der Waals surface area (Å²) in [6.07, 6.45) is 7.34. The van der Waals surface area contributed by atoms with Crippen molar-refractivity contribution in [1.82, 2.24) is 15.1 Å². The molecule has 5 nitrogen and oxygen atoms in total. The number of carbonyl (C=O) groups is 1. The fourth-order valence-corrected chi connectivity index (χ4v) is 3.30. The molecule has 0 radical (unpaired) electrons. The van der Waals surface area contributed by atoms with Gasteiger partial charge in [-0.05, 0) is 45.2 Å². The van der Waals surface area contributed by atoms with Crippen LogP contribution in [0, 0.1) is 0 Å². The van der Waals surface area contributed by atoms with Crippen LogP contribution in [-0.2, 0) is 0 Å². The highest BCUT2D eigenvalue weighted by Crippen LogP contribution is 2.24. The van der Waals surface area contributed by atoms with Crippen LogP contribution in [0.5, 0.6) is 0 Å². The number of carbonyl (C=O) groups excluding carboxylic acids is 1. The van der Waals surface area contributed by atoms with E-state index in [-0.39, 0.29) is 6.03 Å². The fourth-order valence-electron chi connectivity index (χ4n) is 3.30. The summed E-state index contributed by atoms with van der Waals surface area (Å²) in [5, 5.41) is 13.7. The normalized spacial score (nSPS) is 23.0. The second kappa shape index (κ2) is 7.99. The predicted molar refractivity (Wildman–Crippen MR) is 84.4 cm³/mol. The van der Waals surface area contributed by atoms with Crippen molar-refractivity contribution < 1.29 is 9.90 Å². The number of piperidine rings is 2. The zero-order valence-corrected chi connectivity index (χ0v) is 13.4. The largest absolute Gasteiger partial charge is 0.388 e. The summed E-state index contributed by atoms with van der Waals surface area (Å²) in [7, 11) is 0. The van der Waals surface area contributed by atoms with Gasteiger partial charge in [-0.2, -0.15) is 0 Å². The molecule has 2 fully saturated rings. The van der Waals surface area contributed by atoms with Gasteiger partial charge in [0.2, 0.25) is 0 Å². The summed E-state index contributed by atoms with van der Waals surface area (Å²) in [5.41, 5.74) is -0.600. The van der Waals surface area contributed by atoms with Gasteiger partial charge in [-0.3, -0.25) is 0 Å². The van der Waals surface area contributed by atoms with Crippen molar-refractivity contribution in [2.24, 2.45) is 0 Å². The number of hydrogen-bond acceptors (Lipinski definition) is 3. The highest BCUT2D eigenvalue weighted by Gasteiger charge is 2.35. The van der Waals surface area contributed by atoms with Crippen molar-refractivity contribution in [2.45, 2.75) is 57.5 Å². The van der Waals surface area contributed by atoms with E-state index in [9.17, 15) is 9.90 Å². The summed E-state index contributed by atoms with van der Waals surface area (Å²) in [6.45, 7) is 7.22. The van der Waals surface area contributed by atoms with Gasteiger partial charge in [-0.1, -0.05) is 19.8 Å². The van der Waals surface area contributed by atoms with E-state index in [1.807, 2.05) is 4.90 Å². The molecule has 5 heteroatoms. The number of likely N-dealkylation sites (tertiary alicyclic amines) is 2. The number of nitrogens with zero attached hydrogens (tertiary/aromatic N) is 2. The molecule has 0 aromatic heterocycles. The summed E-state index contributed by atoms with van der Waals surface area (Å²) < 4.78 is 0. The molecule has 0 atom stereocenters. The number of unbranched alkanes of at least 4 members (excludes halogenated alkanes) is 1. The van der Waals surface area contributed by atoms with Crippen LogP contribution < -0.4 is 5.32 Å². The number of aliphatic hydroxyl groups is 1. The van der Waals surface area contributed by atoms with E-state index in [0.717, 1.165) is 39.0 Å². The SMILES string of the molecule is CCCCNC(=O)N1CCC(O)(CN2CCCCC2)CC1. The molecule has 0 aromatic rings. The maximum atomic E-state index is 12.0. The molecular formula is C16H31N3O2. The molecule has 2 aliphatic heterocycles. The van der Waals surface area contributed by atoms with Gasteiger partial charge in [0.25, 0.3) is 0 Å². The van der Waals surface area contributed by atoms with Gasteiger partial charge in [0.05, 0.1) is 5.60 Å². The maximum Gasteiger partial charge on any atom is 0.317 e. The van der Waals surface area contributed by atoms with Crippen LogP contribution in [0.2, 0.25) is 0 Å². The molecular weight excluding hydrogens is 266 g/mol. The molecule has 0 bridgehead atoms. The second-order valence-electron chi connectivity index (χ2n) is 6.63. The van der Waals surface area contributed by atoms with E-state index >= 15 is 0 Å². The summed E-state index contributed by atoms with van der Waals surface area (Å²) in [6, 6.07) is 0.0310. The van der Waals surface area contributed by atoms with Gasteiger partial charge in [0.15, 0.2) is 0 Å². The summed E-state index contributed by atoms with van der Waals surface area (Å²) in [5.74, 6) is 0. The van der Waals surface area contributed by atoms with Crippen molar-refractivity contribution in [1.29, 1.82) is 0 Å². The molecule has 2 saturated heterocycles. The minimum atomic E-state index is -0.600. The van der Waals surface area contributed by atoms with E-state index in [4.69, 9.17) is 0 Å². The molecule has 2 amide bonds. The molecule has 0 unspecified atom stereocenters. The van der Waals surface area contributed by atoms with Gasteiger partial charge in [-0.25, -0.2) is 4.79 Å². The lowest BCUT2D eigenvalue weighted by Gasteiger charge is -2.41. The molecule has 2 aliphatic rings. The molecule has 21 heavy (non-hydrogen) atoms. The van der Waals surface area contributed by atoms with Crippen LogP contribution in [0.25, 0.3) is 0 Å². The Morgan fingerprint density at radius 3 is 2.43 bits per heavy atom. The van der Waals surface area contributed by atoms with Crippen LogP contribution in [0.3, 0.4) is 0 Å². The Hall–Kier alpha value is -0.810. The van der Waals surface area contributed by atoms with E-state index in [0.29, 0.717) is 25.9 Å². The second-order valence-corrected chi connectivity index (χ2v) is 6.63. The number of nitrogens with one attached hydrogen (secondary N) is 1. The Morgan fingerprint density at radius 2 is 1.81 bits per heavy atom. The topological polar surface area (TPSA) is 55.8 Å². The number of β-amino-alcohol motifs (C(OH)–C–C–N with tert-alkyl or cyclic N) is 1. The van der Waals surface area contributed by atoms with E-state index in [1.165, 1.54) is 19.3 Å². The number of hydrogen-bond donors (Lipinski definition) is 2. The van der Waals surface area contributed by atoms with Crippen molar-refractivity contribution in [2.75, 3.05) is 39.3 Å². The van der Waals surface area contributed by atoms with Crippen LogP contribution in [0.15, 0.2) is 0 Å². The zero-order chi connectivity index (χ0) is 15.1. The maximum absolute atomic E-state index is 12.0. The lowest BCUT2D eigenvalue weighted by molar-refractivity contribution is -0.0410. The van der Waals surface area contributed by atoms with Crippen LogP contribution in [0.1, 0.15) is 51.9 Å². The summed E-state index contributed by atoms with van der Waals surface area (Å²) in [4.78, 5) is 16.2. The molecule has 2 heterocycles. The van der Waals surface area contributed by atoms with Crippen LogP contribution in [-0.4, -0.2) is 65.8 Å². The quantitative estimate of drug-likeness (QED) is 0.761. The molecule has 0 saturated carbocycles. The molecule has 0 spiro atoms. The van der Waals surface area contributed by atoms with E-state index < -0.39 is 5.60 Å². The lowest BCUT2D eigenvalue weighted by atomic mass is 9.90. The third kappa shape index (κ3) is 5.15. The van der Waals surface area contributed by atoms with Gasteiger partial charge in [-0.15, -0.1) is 0 Å². The molecule has 122 valence electrons. The highest BCUT2D eigenvalue weighted by molar-refractivity contribution is 5.74. The van der Waals surface area contributed by atoms with Gasteiger partial charge < -0.3 is 20.2 Å². The van der Waals surface area contributed by atoms with Crippen molar-refractivity contribution in [3.63, 3.8) is 0 Å². The van der Waals surface area contributed by atoms with Crippen molar-refractivity contribution in [3.05, 3.63) is 0 Å². The minimum absolute atomic E-state index is 0.0310. The standard InChI is InChI=1S/C16H31N3O2/c1-2-3-9-17-15(20)19-12-7-16(21,8-13-19)14-18-10-5-4-6-11-18/h21H,2-14H2,1H3,(H,17,20). The third-order valence-corrected chi connectivity index (χ3v) is 4.75. The van der Waals surface area contributed by atoms with Crippen LogP contribution in [0.4, 0.5) is 4.79 Å². The lowest BCUT2D eigenvalue weighted by Crippen LogP contribution is -2.54. The van der Waals surface area contributed by atoms with Gasteiger partial charge >= 0.3 is 6.03 Å². The zero-order valence-electron chi connectivity index (χ0n) is 13.4. The van der Waals surface area contributed by atoms with Crippen molar-refractivity contribution in [3.8, 4) is 0 Å². The molecule has 2 N–H and O–H groups in total. The third-order valence-electron chi connectivity index (χ3n) is 4.75. The predicted octanol–water partition coefficient (Wildman–Crippen LogP) is 1.81. The Labute approximate surface area is 128 Å². The van der Waals surface area contributed by atoms with Crippen molar-refractivity contribution >= 4 is 6.03 Å². The number of rotatable bonds is 5.